The van der Waals surface area contributed by atoms with E-state index in [0.29, 0.717) is 27.5 Å². The maximum Gasteiger partial charge on any atom is 0.257 e. The zero-order chi connectivity index (χ0) is 18.5. The first-order chi connectivity index (χ1) is 12.5. The van der Waals surface area contributed by atoms with Crippen molar-refractivity contribution in [3.8, 4) is 0 Å². The summed E-state index contributed by atoms with van der Waals surface area (Å²) in [6.45, 7) is 1.86. The Morgan fingerprint density at radius 1 is 0.808 bits per heavy atom. The fraction of sp³-hybridized carbons (Fsp3) is 0.0476. The molecular formula is C21H17ClN2O2. The van der Waals surface area contributed by atoms with Crippen LogP contribution in [0.4, 0.5) is 11.4 Å². The molecule has 3 aromatic rings. The first-order valence-corrected chi connectivity index (χ1v) is 8.45. The molecule has 2 N–H and O–H groups in total. The third-order valence-corrected chi connectivity index (χ3v) is 4.22. The molecule has 5 heteroatoms. The summed E-state index contributed by atoms with van der Waals surface area (Å²) in [5.41, 5.74) is 3.15. The molecule has 0 atom stereocenters. The van der Waals surface area contributed by atoms with Crippen LogP contribution in [-0.2, 0) is 0 Å². The molecule has 0 fully saturated rings. The lowest BCUT2D eigenvalue weighted by molar-refractivity contribution is 0.101. The van der Waals surface area contributed by atoms with Gasteiger partial charge in [-0.1, -0.05) is 41.9 Å². The molecule has 130 valence electrons. The maximum atomic E-state index is 12.4. The number of rotatable bonds is 4. The van der Waals surface area contributed by atoms with Crippen molar-refractivity contribution in [2.75, 3.05) is 10.6 Å². The van der Waals surface area contributed by atoms with Gasteiger partial charge >= 0.3 is 0 Å². The first kappa shape index (κ1) is 17.7. The third-order valence-electron chi connectivity index (χ3n) is 3.89. The minimum atomic E-state index is -0.278. The lowest BCUT2D eigenvalue weighted by Crippen LogP contribution is -2.14. The molecule has 3 rings (SSSR count). The van der Waals surface area contributed by atoms with Gasteiger partial charge in [-0.15, -0.1) is 0 Å². The molecule has 0 bridgehead atoms. The Hall–Kier alpha value is -3.11. The van der Waals surface area contributed by atoms with Gasteiger partial charge in [0, 0.05) is 16.9 Å². The van der Waals surface area contributed by atoms with E-state index >= 15 is 0 Å². The van der Waals surface area contributed by atoms with E-state index in [1.807, 2.05) is 31.2 Å². The van der Waals surface area contributed by atoms with E-state index in [1.165, 1.54) is 0 Å². The van der Waals surface area contributed by atoms with E-state index < -0.39 is 0 Å². The molecule has 0 spiro atoms. The monoisotopic (exact) mass is 364 g/mol. The standard InChI is InChI=1S/C21H17ClN2O2/c1-14-13-16(23-20(25)15-7-3-2-4-8-15)11-12-19(14)24-21(26)17-9-5-6-10-18(17)22/h2-13H,1H3,(H,23,25)(H,24,26). The van der Waals surface area contributed by atoms with Crippen molar-refractivity contribution < 1.29 is 9.59 Å². The van der Waals surface area contributed by atoms with Crippen LogP contribution in [0.3, 0.4) is 0 Å². The fourth-order valence-electron chi connectivity index (χ4n) is 2.51. The Morgan fingerprint density at radius 2 is 1.50 bits per heavy atom. The molecule has 0 saturated heterocycles. The SMILES string of the molecule is Cc1cc(NC(=O)c2ccccc2)ccc1NC(=O)c1ccccc1Cl. The van der Waals surface area contributed by atoms with Crippen LogP contribution < -0.4 is 10.6 Å². The van der Waals surface area contributed by atoms with Gasteiger partial charge in [-0.2, -0.15) is 0 Å². The molecule has 0 aliphatic carbocycles. The number of amides is 2. The summed E-state index contributed by atoms with van der Waals surface area (Å²) in [6.07, 6.45) is 0. The number of halogens is 1. The summed E-state index contributed by atoms with van der Waals surface area (Å²) in [6, 6.07) is 21.2. The number of nitrogens with one attached hydrogen (secondary N) is 2. The van der Waals surface area contributed by atoms with Gasteiger partial charge in [-0.3, -0.25) is 9.59 Å². The Bertz CT molecular complexity index is 955. The molecule has 0 aromatic heterocycles. The number of carbonyl (C=O) groups is 2. The van der Waals surface area contributed by atoms with Gasteiger partial charge < -0.3 is 10.6 Å². The third kappa shape index (κ3) is 4.10. The highest BCUT2D eigenvalue weighted by Crippen LogP contribution is 2.22. The van der Waals surface area contributed by atoms with Gasteiger partial charge in [0.05, 0.1) is 10.6 Å². The van der Waals surface area contributed by atoms with Gasteiger partial charge in [0.25, 0.3) is 11.8 Å². The van der Waals surface area contributed by atoms with Crippen LogP contribution >= 0.6 is 11.6 Å². The van der Waals surface area contributed by atoms with E-state index in [-0.39, 0.29) is 11.8 Å². The predicted molar refractivity (Wildman–Crippen MR) is 105 cm³/mol. The number of anilines is 2. The molecule has 0 heterocycles. The highest BCUT2D eigenvalue weighted by atomic mass is 35.5. The van der Waals surface area contributed by atoms with E-state index in [0.717, 1.165) is 5.56 Å². The summed E-state index contributed by atoms with van der Waals surface area (Å²) in [4.78, 5) is 24.6. The quantitative estimate of drug-likeness (QED) is 0.672. The van der Waals surface area contributed by atoms with E-state index in [4.69, 9.17) is 11.6 Å². The summed E-state index contributed by atoms with van der Waals surface area (Å²) in [5, 5.41) is 6.09. The molecule has 0 unspecified atom stereocenters. The minimum absolute atomic E-state index is 0.183. The van der Waals surface area contributed by atoms with Crippen molar-refractivity contribution in [2.45, 2.75) is 6.92 Å². The Morgan fingerprint density at radius 3 is 2.19 bits per heavy atom. The first-order valence-electron chi connectivity index (χ1n) is 8.07. The summed E-state index contributed by atoms with van der Waals surface area (Å²) in [7, 11) is 0. The van der Waals surface area contributed by atoms with Crippen molar-refractivity contribution in [3.63, 3.8) is 0 Å². The minimum Gasteiger partial charge on any atom is -0.322 e. The van der Waals surface area contributed by atoms with Gasteiger partial charge in [0.15, 0.2) is 0 Å². The van der Waals surface area contributed by atoms with Gasteiger partial charge in [0.2, 0.25) is 0 Å². The molecule has 26 heavy (non-hydrogen) atoms. The average Bonchev–Trinajstić information content (AvgIpc) is 2.65. The van der Waals surface area contributed by atoms with Crippen molar-refractivity contribution in [1.82, 2.24) is 0 Å². The van der Waals surface area contributed by atoms with Crippen LogP contribution in [0.25, 0.3) is 0 Å². The summed E-state index contributed by atoms with van der Waals surface area (Å²) in [5.74, 6) is -0.461. The van der Waals surface area contributed by atoms with Crippen LogP contribution in [0.15, 0.2) is 72.8 Å². The Kier molecular flexibility index (Phi) is 5.34. The van der Waals surface area contributed by atoms with Crippen LogP contribution in [-0.4, -0.2) is 11.8 Å². The smallest absolute Gasteiger partial charge is 0.257 e. The van der Waals surface area contributed by atoms with Crippen molar-refractivity contribution in [2.24, 2.45) is 0 Å². The van der Waals surface area contributed by atoms with Crippen molar-refractivity contribution >= 4 is 34.8 Å². The second-order valence-corrected chi connectivity index (χ2v) is 6.19. The highest BCUT2D eigenvalue weighted by molar-refractivity contribution is 6.34. The van der Waals surface area contributed by atoms with Gasteiger partial charge in [-0.05, 0) is 55.0 Å². The van der Waals surface area contributed by atoms with Crippen LogP contribution in [0.5, 0.6) is 0 Å². The topological polar surface area (TPSA) is 58.2 Å². The molecule has 0 aliphatic rings. The number of aryl methyl sites for hydroxylation is 1. The second kappa shape index (κ2) is 7.85. The largest absolute Gasteiger partial charge is 0.322 e. The molecule has 4 nitrogen and oxygen atoms in total. The second-order valence-electron chi connectivity index (χ2n) is 5.78. The van der Waals surface area contributed by atoms with Crippen molar-refractivity contribution in [3.05, 3.63) is 94.5 Å². The highest BCUT2D eigenvalue weighted by Gasteiger charge is 2.12. The zero-order valence-electron chi connectivity index (χ0n) is 14.1. The molecule has 2 amide bonds. The van der Waals surface area contributed by atoms with E-state index in [2.05, 4.69) is 10.6 Å². The molecule has 0 saturated carbocycles. The van der Waals surface area contributed by atoms with E-state index in [1.54, 1.807) is 48.5 Å². The van der Waals surface area contributed by atoms with Crippen molar-refractivity contribution in [1.29, 1.82) is 0 Å². The zero-order valence-corrected chi connectivity index (χ0v) is 14.9. The van der Waals surface area contributed by atoms with Gasteiger partial charge in [0.1, 0.15) is 0 Å². The Labute approximate surface area is 156 Å². The van der Waals surface area contributed by atoms with Crippen LogP contribution in [0.2, 0.25) is 5.02 Å². The lowest BCUT2D eigenvalue weighted by Gasteiger charge is -2.12. The molecule has 0 aliphatic heterocycles. The molecule has 0 radical (unpaired) electrons. The number of carbonyl (C=O) groups excluding carboxylic acids is 2. The predicted octanol–water partition coefficient (Wildman–Crippen LogP) is 5.15. The maximum absolute atomic E-state index is 12.4. The molecule has 3 aromatic carbocycles. The number of hydrogen-bond donors (Lipinski definition) is 2. The van der Waals surface area contributed by atoms with E-state index in [9.17, 15) is 9.59 Å². The summed E-state index contributed by atoms with van der Waals surface area (Å²) >= 11 is 6.06. The summed E-state index contributed by atoms with van der Waals surface area (Å²) < 4.78 is 0. The number of benzene rings is 3. The Balaban J connectivity index is 1.73. The normalized spacial score (nSPS) is 10.2. The fourth-order valence-corrected chi connectivity index (χ4v) is 2.73. The lowest BCUT2D eigenvalue weighted by atomic mass is 10.1. The average molecular weight is 365 g/mol. The number of hydrogen-bond acceptors (Lipinski definition) is 2. The van der Waals surface area contributed by atoms with Crippen LogP contribution in [0, 0.1) is 6.92 Å². The molecular weight excluding hydrogens is 348 g/mol. The van der Waals surface area contributed by atoms with Crippen LogP contribution in [0.1, 0.15) is 26.3 Å². The van der Waals surface area contributed by atoms with Gasteiger partial charge in [-0.25, -0.2) is 0 Å².